The van der Waals surface area contributed by atoms with Crippen LogP contribution in [0.15, 0.2) is 30.3 Å². The van der Waals surface area contributed by atoms with Crippen LogP contribution in [0.2, 0.25) is 0 Å². The van der Waals surface area contributed by atoms with Crippen LogP contribution in [0, 0.1) is 5.92 Å². The molecule has 0 saturated carbocycles. The SMILES string of the molecule is CC(COC(C)COCCOCCOC(=O)CN)CC(=O)OCc1ccccc1. The van der Waals surface area contributed by atoms with Gasteiger partial charge in [0.1, 0.15) is 13.2 Å². The van der Waals surface area contributed by atoms with Gasteiger partial charge in [0, 0.05) is 0 Å². The van der Waals surface area contributed by atoms with E-state index < -0.39 is 5.97 Å². The van der Waals surface area contributed by atoms with Gasteiger partial charge in [0.15, 0.2) is 0 Å². The van der Waals surface area contributed by atoms with Gasteiger partial charge in [-0.2, -0.15) is 0 Å². The number of nitrogens with two attached hydrogens (primary N) is 1. The smallest absolute Gasteiger partial charge is 0.319 e. The molecule has 164 valence electrons. The number of esters is 2. The molecule has 1 aromatic carbocycles. The summed E-state index contributed by atoms with van der Waals surface area (Å²) in [7, 11) is 0. The molecule has 0 aliphatic rings. The first-order chi connectivity index (χ1) is 14.0. The summed E-state index contributed by atoms with van der Waals surface area (Å²) in [6, 6.07) is 9.59. The molecule has 2 N–H and O–H groups in total. The Hall–Kier alpha value is -2.00. The quantitative estimate of drug-likeness (QED) is 0.324. The van der Waals surface area contributed by atoms with Crippen molar-refractivity contribution in [1.29, 1.82) is 0 Å². The van der Waals surface area contributed by atoms with Gasteiger partial charge in [0.25, 0.3) is 0 Å². The van der Waals surface area contributed by atoms with Crippen molar-refractivity contribution in [3.8, 4) is 0 Å². The zero-order chi connectivity index (χ0) is 21.3. The third kappa shape index (κ3) is 13.8. The lowest BCUT2D eigenvalue weighted by atomic mass is 10.1. The highest BCUT2D eigenvalue weighted by Crippen LogP contribution is 2.08. The van der Waals surface area contributed by atoms with E-state index >= 15 is 0 Å². The Morgan fingerprint density at radius 1 is 0.897 bits per heavy atom. The summed E-state index contributed by atoms with van der Waals surface area (Å²) in [5.41, 5.74) is 6.08. The van der Waals surface area contributed by atoms with Crippen molar-refractivity contribution >= 4 is 11.9 Å². The maximum atomic E-state index is 11.9. The second-order valence-corrected chi connectivity index (χ2v) is 6.71. The van der Waals surface area contributed by atoms with Crippen LogP contribution in [0.5, 0.6) is 0 Å². The molecular formula is C21H33NO7. The van der Waals surface area contributed by atoms with Crippen LogP contribution in [-0.2, 0) is 39.9 Å². The monoisotopic (exact) mass is 411 g/mol. The zero-order valence-electron chi connectivity index (χ0n) is 17.3. The summed E-state index contributed by atoms with van der Waals surface area (Å²) in [6.07, 6.45) is 0.214. The van der Waals surface area contributed by atoms with Crippen molar-refractivity contribution in [2.45, 2.75) is 33.0 Å². The Bertz CT molecular complexity index is 567. The Morgan fingerprint density at radius 2 is 1.59 bits per heavy atom. The summed E-state index contributed by atoms with van der Waals surface area (Å²) in [5, 5.41) is 0. The third-order valence-electron chi connectivity index (χ3n) is 3.80. The van der Waals surface area contributed by atoms with Gasteiger partial charge in [-0.3, -0.25) is 9.59 Å². The van der Waals surface area contributed by atoms with Crippen molar-refractivity contribution in [2.75, 3.05) is 46.2 Å². The third-order valence-corrected chi connectivity index (χ3v) is 3.80. The number of carbonyl (C=O) groups is 2. The van der Waals surface area contributed by atoms with E-state index in [9.17, 15) is 9.59 Å². The fraction of sp³-hybridized carbons (Fsp3) is 0.619. The zero-order valence-corrected chi connectivity index (χ0v) is 17.3. The standard InChI is InChI=1S/C21H33NO7/c1-17(12-20(23)29-16-19-6-4-3-5-7-19)14-28-18(2)15-26-9-8-25-10-11-27-21(24)13-22/h3-7,17-18H,8-16,22H2,1-2H3. The van der Waals surface area contributed by atoms with E-state index in [2.05, 4.69) is 0 Å². The number of rotatable bonds is 16. The lowest BCUT2D eigenvalue weighted by molar-refractivity contribution is -0.146. The molecule has 8 heteroatoms. The van der Waals surface area contributed by atoms with Crippen LogP contribution in [0.25, 0.3) is 0 Å². The summed E-state index contributed by atoms with van der Waals surface area (Å²) >= 11 is 0. The molecule has 0 aliphatic heterocycles. The van der Waals surface area contributed by atoms with Gasteiger partial charge in [-0.25, -0.2) is 0 Å². The van der Waals surface area contributed by atoms with Crippen molar-refractivity contribution in [3.63, 3.8) is 0 Å². The highest BCUT2D eigenvalue weighted by atomic mass is 16.6. The summed E-state index contributed by atoms with van der Waals surface area (Å²) in [4.78, 5) is 22.7. The topological polar surface area (TPSA) is 106 Å². The van der Waals surface area contributed by atoms with E-state index in [1.807, 2.05) is 44.2 Å². The second-order valence-electron chi connectivity index (χ2n) is 6.71. The van der Waals surface area contributed by atoms with Crippen LogP contribution in [0.4, 0.5) is 0 Å². The highest BCUT2D eigenvalue weighted by molar-refractivity contribution is 5.71. The first-order valence-electron chi connectivity index (χ1n) is 9.83. The number of hydrogen-bond acceptors (Lipinski definition) is 8. The van der Waals surface area contributed by atoms with Crippen LogP contribution in [-0.4, -0.2) is 64.2 Å². The molecule has 0 spiro atoms. The van der Waals surface area contributed by atoms with Crippen molar-refractivity contribution < 1.29 is 33.3 Å². The Labute approximate surface area is 172 Å². The molecular weight excluding hydrogens is 378 g/mol. The highest BCUT2D eigenvalue weighted by Gasteiger charge is 2.13. The van der Waals surface area contributed by atoms with Crippen molar-refractivity contribution in [1.82, 2.24) is 0 Å². The molecule has 0 aliphatic carbocycles. The average molecular weight is 411 g/mol. The first kappa shape index (κ1) is 25.0. The van der Waals surface area contributed by atoms with Gasteiger partial charge in [-0.05, 0) is 18.4 Å². The van der Waals surface area contributed by atoms with Gasteiger partial charge in [0.05, 0.1) is 52.1 Å². The Morgan fingerprint density at radius 3 is 2.31 bits per heavy atom. The van der Waals surface area contributed by atoms with Crippen LogP contribution >= 0.6 is 0 Å². The van der Waals surface area contributed by atoms with E-state index in [0.717, 1.165) is 5.56 Å². The summed E-state index contributed by atoms with van der Waals surface area (Å²) < 4.78 is 26.5. The molecule has 0 fully saturated rings. The van der Waals surface area contributed by atoms with Gasteiger partial charge in [-0.15, -0.1) is 0 Å². The predicted octanol–water partition coefficient (Wildman–Crippen LogP) is 1.70. The molecule has 0 heterocycles. The molecule has 0 saturated heterocycles. The van der Waals surface area contributed by atoms with E-state index in [1.165, 1.54) is 0 Å². The molecule has 0 bridgehead atoms. The van der Waals surface area contributed by atoms with E-state index in [4.69, 9.17) is 29.4 Å². The van der Waals surface area contributed by atoms with Gasteiger partial charge in [0.2, 0.25) is 0 Å². The average Bonchev–Trinajstić information content (AvgIpc) is 2.73. The molecule has 29 heavy (non-hydrogen) atoms. The lowest BCUT2D eigenvalue weighted by Gasteiger charge is -2.17. The number of hydrogen-bond donors (Lipinski definition) is 1. The predicted molar refractivity (Wildman–Crippen MR) is 107 cm³/mol. The fourth-order valence-corrected chi connectivity index (χ4v) is 2.26. The van der Waals surface area contributed by atoms with E-state index in [-0.39, 0.29) is 37.7 Å². The largest absolute Gasteiger partial charge is 0.462 e. The van der Waals surface area contributed by atoms with Gasteiger partial charge in [-0.1, -0.05) is 37.3 Å². The van der Waals surface area contributed by atoms with Crippen LogP contribution in [0.1, 0.15) is 25.8 Å². The maximum absolute atomic E-state index is 11.9. The van der Waals surface area contributed by atoms with Gasteiger partial charge < -0.3 is 29.4 Å². The molecule has 1 aromatic rings. The molecule has 0 amide bonds. The second kappa shape index (κ2) is 15.9. The van der Waals surface area contributed by atoms with Crippen LogP contribution < -0.4 is 5.73 Å². The van der Waals surface area contributed by atoms with Crippen molar-refractivity contribution in [3.05, 3.63) is 35.9 Å². The Kier molecular flexibility index (Phi) is 13.7. The fourth-order valence-electron chi connectivity index (χ4n) is 2.26. The van der Waals surface area contributed by atoms with E-state index in [1.54, 1.807) is 0 Å². The molecule has 0 aromatic heterocycles. The summed E-state index contributed by atoms with van der Waals surface area (Å²) in [5.74, 6) is -0.627. The Balaban J connectivity index is 1.98. The number of ether oxygens (including phenoxy) is 5. The number of benzene rings is 1. The van der Waals surface area contributed by atoms with Crippen molar-refractivity contribution in [2.24, 2.45) is 11.7 Å². The normalized spacial score (nSPS) is 12.9. The number of carbonyl (C=O) groups excluding carboxylic acids is 2. The van der Waals surface area contributed by atoms with E-state index in [0.29, 0.717) is 39.5 Å². The minimum absolute atomic E-state index is 0.0558. The van der Waals surface area contributed by atoms with Gasteiger partial charge >= 0.3 is 11.9 Å². The molecule has 0 radical (unpaired) electrons. The molecule has 2 atom stereocenters. The maximum Gasteiger partial charge on any atom is 0.319 e. The summed E-state index contributed by atoms with van der Waals surface area (Å²) in [6.45, 7) is 6.20. The first-order valence-corrected chi connectivity index (χ1v) is 9.83. The lowest BCUT2D eigenvalue weighted by Crippen LogP contribution is -2.22. The van der Waals surface area contributed by atoms with Crippen LogP contribution in [0.3, 0.4) is 0 Å². The molecule has 8 nitrogen and oxygen atoms in total. The molecule has 2 unspecified atom stereocenters. The minimum Gasteiger partial charge on any atom is -0.462 e. The minimum atomic E-state index is -0.450. The molecule has 1 rings (SSSR count).